The Morgan fingerprint density at radius 2 is 2.14 bits per heavy atom. The SMILES string of the molecule is COCCNC(=O)CNCC(O)COc1ccccc1C. The number of aryl methyl sites for hydroxylation is 1. The number of aliphatic hydroxyl groups is 1. The average molecular weight is 296 g/mol. The van der Waals surface area contributed by atoms with Crippen molar-refractivity contribution in [2.75, 3.05) is 40.0 Å². The second-order valence-electron chi connectivity index (χ2n) is 4.70. The van der Waals surface area contributed by atoms with Crippen molar-refractivity contribution >= 4 is 5.91 Å². The molecule has 0 aliphatic rings. The number of rotatable bonds is 10. The molecule has 0 aliphatic carbocycles. The number of hydrogen-bond donors (Lipinski definition) is 3. The van der Waals surface area contributed by atoms with Crippen molar-refractivity contribution in [2.24, 2.45) is 0 Å². The van der Waals surface area contributed by atoms with Gasteiger partial charge in [0.25, 0.3) is 0 Å². The van der Waals surface area contributed by atoms with Gasteiger partial charge in [0.15, 0.2) is 0 Å². The van der Waals surface area contributed by atoms with Gasteiger partial charge in [0.2, 0.25) is 5.91 Å². The Morgan fingerprint density at radius 3 is 2.86 bits per heavy atom. The van der Waals surface area contributed by atoms with Crippen LogP contribution in [0.2, 0.25) is 0 Å². The third-order valence-electron chi connectivity index (χ3n) is 2.82. The fraction of sp³-hybridized carbons (Fsp3) is 0.533. The molecule has 118 valence electrons. The number of nitrogens with one attached hydrogen (secondary N) is 2. The zero-order valence-electron chi connectivity index (χ0n) is 12.6. The van der Waals surface area contributed by atoms with Gasteiger partial charge in [-0.2, -0.15) is 0 Å². The molecule has 1 amide bonds. The Hall–Kier alpha value is -1.63. The molecule has 1 atom stereocenters. The number of methoxy groups -OCH3 is 1. The van der Waals surface area contributed by atoms with E-state index in [4.69, 9.17) is 9.47 Å². The van der Waals surface area contributed by atoms with Gasteiger partial charge in [0.1, 0.15) is 18.5 Å². The maximum absolute atomic E-state index is 11.4. The quantitative estimate of drug-likeness (QED) is 0.533. The van der Waals surface area contributed by atoms with Crippen LogP contribution >= 0.6 is 0 Å². The Bertz CT molecular complexity index is 426. The first-order valence-corrected chi connectivity index (χ1v) is 6.96. The van der Waals surface area contributed by atoms with Crippen LogP contribution in [0, 0.1) is 6.92 Å². The molecule has 1 rings (SSSR count). The highest BCUT2D eigenvalue weighted by molar-refractivity contribution is 5.77. The van der Waals surface area contributed by atoms with Crippen LogP contribution < -0.4 is 15.4 Å². The van der Waals surface area contributed by atoms with Crippen molar-refractivity contribution in [3.8, 4) is 5.75 Å². The van der Waals surface area contributed by atoms with E-state index in [-0.39, 0.29) is 19.1 Å². The first-order chi connectivity index (χ1) is 10.1. The Balaban J connectivity index is 2.13. The number of benzene rings is 1. The highest BCUT2D eigenvalue weighted by atomic mass is 16.5. The summed E-state index contributed by atoms with van der Waals surface area (Å²) in [5.41, 5.74) is 1.02. The summed E-state index contributed by atoms with van der Waals surface area (Å²) in [7, 11) is 1.58. The average Bonchev–Trinajstić information content (AvgIpc) is 2.47. The van der Waals surface area contributed by atoms with Crippen LogP contribution in [0.1, 0.15) is 5.56 Å². The van der Waals surface area contributed by atoms with Crippen LogP contribution in [-0.4, -0.2) is 57.1 Å². The van der Waals surface area contributed by atoms with Crippen LogP contribution in [0.5, 0.6) is 5.75 Å². The van der Waals surface area contributed by atoms with Gasteiger partial charge >= 0.3 is 0 Å². The number of amides is 1. The van der Waals surface area contributed by atoms with Crippen LogP contribution in [-0.2, 0) is 9.53 Å². The van der Waals surface area contributed by atoms with Crippen molar-refractivity contribution in [3.63, 3.8) is 0 Å². The largest absolute Gasteiger partial charge is 0.491 e. The van der Waals surface area contributed by atoms with Gasteiger partial charge in [-0.3, -0.25) is 4.79 Å². The zero-order valence-corrected chi connectivity index (χ0v) is 12.6. The van der Waals surface area contributed by atoms with Gasteiger partial charge in [0.05, 0.1) is 13.2 Å². The fourth-order valence-corrected chi connectivity index (χ4v) is 1.67. The maximum Gasteiger partial charge on any atom is 0.234 e. The zero-order chi connectivity index (χ0) is 15.5. The van der Waals surface area contributed by atoms with E-state index >= 15 is 0 Å². The number of carbonyl (C=O) groups is 1. The molecule has 0 radical (unpaired) electrons. The van der Waals surface area contributed by atoms with Crippen LogP contribution in [0.3, 0.4) is 0 Å². The molecule has 0 bridgehead atoms. The molecule has 21 heavy (non-hydrogen) atoms. The van der Waals surface area contributed by atoms with Crippen molar-refractivity contribution in [3.05, 3.63) is 29.8 Å². The molecular formula is C15H24N2O4. The van der Waals surface area contributed by atoms with E-state index in [2.05, 4.69) is 10.6 Å². The molecule has 0 saturated heterocycles. The molecule has 1 unspecified atom stereocenters. The molecule has 0 saturated carbocycles. The van der Waals surface area contributed by atoms with E-state index in [0.717, 1.165) is 11.3 Å². The molecule has 3 N–H and O–H groups in total. The van der Waals surface area contributed by atoms with Gasteiger partial charge in [-0.25, -0.2) is 0 Å². The van der Waals surface area contributed by atoms with E-state index < -0.39 is 6.10 Å². The standard InChI is InChI=1S/C15H24N2O4/c1-12-5-3-4-6-14(12)21-11-13(18)9-16-10-15(19)17-7-8-20-2/h3-6,13,16,18H,7-11H2,1-2H3,(H,17,19). The lowest BCUT2D eigenvalue weighted by atomic mass is 10.2. The molecular weight excluding hydrogens is 272 g/mol. The molecule has 0 fully saturated rings. The molecule has 6 nitrogen and oxygen atoms in total. The minimum absolute atomic E-state index is 0.126. The highest BCUT2D eigenvalue weighted by Gasteiger charge is 2.07. The summed E-state index contributed by atoms with van der Waals surface area (Å²) < 4.78 is 10.4. The van der Waals surface area contributed by atoms with Gasteiger partial charge in [-0.1, -0.05) is 18.2 Å². The molecule has 1 aromatic carbocycles. The Labute approximate surface area is 125 Å². The van der Waals surface area contributed by atoms with Gasteiger partial charge in [0, 0.05) is 20.2 Å². The van der Waals surface area contributed by atoms with Crippen LogP contribution in [0.25, 0.3) is 0 Å². The first kappa shape index (κ1) is 17.4. The second kappa shape index (κ2) is 10.1. The molecule has 1 aromatic rings. The van der Waals surface area contributed by atoms with Crippen LogP contribution in [0.4, 0.5) is 0 Å². The predicted molar refractivity (Wildman–Crippen MR) is 80.4 cm³/mol. The Kier molecular flexibility index (Phi) is 8.42. The summed E-state index contributed by atoms with van der Waals surface area (Å²) in [6.07, 6.45) is -0.670. The summed E-state index contributed by atoms with van der Waals surface area (Å²) >= 11 is 0. The van der Waals surface area contributed by atoms with Gasteiger partial charge in [-0.05, 0) is 18.6 Å². The van der Waals surface area contributed by atoms with E-state index in [1.807, 2.05) is 31.2 Å². The normalized spacial score (nSPS) is 12.0. The smallest absolute Gasteiger partial charge is 0.234 e. The van der Waals surface area contributed by atoms with E-state index in [1.54, 1.807) is 7.11 Å². The molecule has 0 spiro atoms. The lowest BCUT2D eigenvalue weighted by Crippen LogP contribution is -2.39. The fourth-order valence-electron chi connectivity index (χ4n) is 1.67. The third kappa shape index (κ3) is 7.65. The number of aliphatic hydroxyl groups excluding tert-OH is 1. The van der Waals surface area contributed by atoms with Gasteiger partial charge in [-0.15, -0.1) is 0 Å². The van der Waals surface area contributed by atoms with E-state index in [1.165, 1.54) is 0 Å². The molecule has 0 aliphatic heterocycles. The lowest BCUT2D eigenvalue weighted by molar-refractivity contribution is -0.120. The maximum atomic E-state index is 11.4. The topological polar surface area (TPSA) is 79.8 Å². The van der Waals surface area contributed by atoms with Crippen molar-refractivity contribution < 1.29 is 19.4 Å². The highest BCUT2D eigenvalue weighted by Crippen LogP contribution is 2.16. The predicted octanol–water partition coefficient (Wildman–Crippen LogP) is 0.0869. The molecule has 0 heterocycles. The second-order valence-corrected chi connectivity index (χ2v) is 4.70. The van der Waals surface area contributed by atoms with E-state index in [9.17, 15) is 9.90 Å². The van der Waals surface area contributed by atoms with E-state index in [0.29, 0.717) is 19.7 Å². The number of ether oxygens (including phenoxy) is 2. The van der Waals surface area contributed by atoms with Gasteiger partial charge < -0.3 is 25.2 Å². The summed E-state index contributed by atoms with van der Waals surface area (Å²) in [5, 5.41) is 15.4. The summed E-state index contributed by atoms with van der Waals surface area (Å²) in [6.45, 7) is 3.55. The number of para-hydroxylation sites is 1. The molecule has 6 heteroatoms. The van der Waals surface area contributed by atoms with Crippen molar-refractivity contribution in [2.45, 2.75) is 13.0 Å². The first-order valence-electron chi connectivity index (χ1n) is 6.96. The minimum Gasteiger partial charge on any atom is -0.491 e. The Morgan fingerprint density at radius 1 is 1.38 bits per heavy atom. The lowest BCUT2D eigenvalue weighted by Gasteiger charge is -2.14. The van der Waals surface area contributed by atoms with Crippen LogP contribution in [0.15, 0.2) is 24.3 Å². The number of hydrogen-bond acceptors (Lipinski definition) is 5. The summed E-state index contributed by atoms with van der Waals surface area (Å²) in [4.78, 5) is 11.4. The molecule has 0 aromatic heterocycles. The number of carbonyl (C=O) groups excluding carboxylic acids is 1. The van der Waals surface area contributed by atoms with Crippen molar-refractivity contribution in [1.29, 1.82) is 0 Å². The monoisotopic (exact) mass is 296 g/mol. The minimum atomic E-state index is -0.670. The summed E-state index contributed by atoms with van der Waals surface area (Å²) in [6, 6.07) is 7.63. The summed E-state index contributed by atoms with van der Waals surface area (Å²) in [5.74, 6) is 0.632. The third-order valence-corrected chi connectivity index (χ3v) is 2.82. The van der Waals surface area contributed by atoms with Crippen molar-refractivity contribution in [1.82, 2.24) is 10.6 Å².